The molecule has 0 radical (unpaired) electrons. The van der Waals surface area contributed by atoms with Gasteiger partial charge >= 0.3 is 0 Å². The normalized spacial score (nSPS) is 11.8. The summed E-state index contributed by atoms with van der Waals surface area (Å²) in [7, 11) is 0. The third-order valence-corrected chi connectivity index (χ3v) is 5.11. The van der Waals surface area contributed by atoms with E-state index in [1.165, 1.54) is 12.1 Å². The van der Waals surface area contributed by atoms with Crippen LogP contribution in [0.15, 0.2) is 85.6 Å². The summed E-state index contributed by atoms with van der Waals surface area (Å²) in [6, 6.07) is 20.4. The molecule has 0 N–H and O–H groups in total. The van der Waals surface area contributed by atoms with Gasteiger partial charge in [-0.2, -0.15) is 0 Å². The van der Waals surface area contributed by atoms with Crippen LogP contribution in [-0.4, -0.2) is 21.9 Å². The Morgan fingerprint density at radius 3 is 2.48 bits per heavy atom. The van der Waals surface area contributed by atoms with Gasteiger partial charge in [-0.15, -0.1) is 6.58 Å². The van der Waals surface area contributed by atoms with Crippen LogP contribution >= 0.6 is 0 Å². The maximum Gasteiger partial charge on any atom is 0.230 e. The van der Waals surface area contributed by atoms with Crippen molar-refractivity contribution in [2.24, 2.45) is 0 Å². The summed E-state index contributed by atoms with van der Waals surface area (Å²) in [4.78, 5) is 15.2. The van der Waals surface area contributed by atoms with E-state index in [2.05, 4.69) is 11.1 Å². The van der Waals surface area contributed by atoms with Gasteiger partial charge in [0.25, 0.3) is 0 Å². The molecule has 1 heterocycles. The zero-order valence-electron chi connectivity index (χ0n) is 16.8. The molecule has 1 amide bonds. The van der Waals surface area contributed by atoms with E-state index in [0.29, 0.717) is 19.6 Å². The molecule has 150 valence electrons. The molecule has 29 heavy (non-hydrogen) atoms. The minimum atomic E-state index is -0.240. The number of benzene rings is 2. The number of amides is 1. The van der Waals surface area contributed by atoms with Crippen LogP contribution in [0.5, 0.6) is 0 Å². The third kappa shape index (κ3) is 5.23. The van der Waals surface area contributed by atoms with Crippen molar-refractivity contribution in [2.75, 3.05) is 6.54 Å². The summed E-state index contributed by atoms with van der Waals surface area (Å²) in [6.07, 6.45) is 4.50. The van der Waals surface area contributed by atoms with Gasteiger partial charge < -0.3 is 9.47 Å². The standard InChI is InChI=1S/C25H27FN2O/c1-3-16-28(25(29)24(4-2)21-9-6-5-7-10-21)19-23-11-8-17-27(23)18-20-12-14-22(26)15-13-20/h3,5-15,17,24H,1,4,16,18-19H2,2H3. The van der Waals surface area contributed by atoms with Gasteiger partial charge in [0.15, 0.2) is 0 Å². The van der Waals surface area contributed by atoms with Crippen LogP contribution in [0.1, 0.15) is 36.1 Å². The van der Waals surface area contributed by atoms with Crippen molar-refractivity contribution >= 4 is 5.91 Å². The zero-order chi connectivity index (χ0) is 20.6. The fourth-order valence-corrected chi connectivity index (χ4v) is 3.58. The lowest BCUT2D eigenvalue weighted by atomic mass is 9.95. The molecule has 0 bridgehead atoms. The maximum atomic E-state index is 13.3. The SMILES string of the molecule is C=CCN(Cc1cccn1Cc1ccc(F)cc1)C(=O)C(CC)c1ccccc1. The van der Waals surface area contributed by atoms with E-state index in [9.17, 15) is 9.18 Å². The second kappa shape index (κ2) is 9.87. The van der Waals surface area contributed by atoms with Gasteiger partial charge in [-0.05, 0) is 41.8 Å². The average molecular weight is 391 g/mol. The molecule has 2 aromatic carbocycles. The van der Waals surface area contributed by atoms with Crippen LogP contribution in [0, 0.1) is 5.82 Å². The molecule has 0 fully saturated rings. The van der Waals surface area contributed by atoms with Crippen LogP contribution in [0.25, 0.3) is 0 Å². The first kappa shape index (κ1) is 20.6. The fraction of sp³-hybridized carbons (Fsp3) is 0.240. The van der Waals surface area contributed by atoms with E-state index >= 15 is 0 Å². The van der Waals surface area contributed by atoms with Gasteiger partial charge in [-0.3, -0.25) is 4.79 Å². The van der Waals surface area contributed by atoms with Crippen molar-refractivity contribution in [3.63, 3.8) is 0 Å². The van der Waals surface area contributed by atoms with Crippen LogP contribution in [-0.2, 0) is 17.9 Å². The molecule has 0 spiro atoms. The first-order chi connectivity index (χ1) is 14.1. The summed E-state index contributed by atoms with van der Waals surface area (Å²) in [5.41, 5.74) is 3.09. The Morgan fingerprint density at radius 1 is 1.10 bits per heavy atom. The lowest BCUT2D eigenvalue weighted by Gasteiger charge is -2.27. The van der Waals surface area contributed by atoms with E-state index in [1.807, 2.05) is 60.5 Å². The highest BCUT2D eigenvalue weighted by atomic mass is 19.1. The van der Waals surface area contributed by atoms with Crippen LogP contribution < -0.4 is 0 Å². The number of rotatable bonds is 9. The Hall–Kier alpha value is -3.14. The van der Waals surface area contributed by atoms with Crippen molar-refractivity contribution in [3.05, 3.63) is 108 Å². The number of halogens is 1. The van der Waals surface area contributed by atoms with Gasteiger partial charge in [0.05, 0.1) is 12.5 Å². The largest absolute Gasteiger partial charge is 0.345 e. The van der Waals surface area contributed by atoms with Crippen molar-refractivity contribution in [3.8, 4) is 0 Å². The molecular formula is C25H27FN2O. The highest BCUT2D eigenvalue weighted by Crippen LogP contribution is 2.23. The van der Waals surface area contributed by atoms with Crippen LogP contribution in [0.4, 0.5) is 4.39 Å². The summed E-state index contributed by atoms with van der Waals surface area (Å²) >= 11 is 0. The number of hydrogen-bond donors (Lipinski definition) is 0. The van der Waals surface area contributed by atoms with E-state index < -0.39 is 0 Å². The van der Waals surface area contributed by atoms with Gasteiger partial charge in [0.2, 0.25) is 5.91 Å². The predicted molar refractivity (Wildman–Crippen MR) is 115 cm³/mol. The molecule has 4 heteroatoms. The first-order valence-electron chi connectivity index (χ1n) is 9.95. The number of nitrogens with zero attached hydrogens (tertiary/aromatic N) is 2. The van der Waals surface area contributed by atoms with Crippen molar-refractivity contribution in [1.29, 1.82) is 0 Å². The van der Waals surface area contributed by atoms with E-state index in [0.717, 1.165) is 23.2 Å². The lowest BCUT2D eigenvalue weighted by molar-refractivity contribution is -0.133. The molecule has 0 aliphatic heterocycles. The second-order valence-corrected chi connectivity index (χ2v) is 7.13. The molecule has 0 saturated carbocycles. The molecule has 3 rings (SSSR count). The minimum absolute atomic E-state index is 0.105. The summed E-state index contributed by atoms with van der Waals surface area (Å²) in [5, 5.41) is 0. The Bertz CT molecular complexity index is 931. The quantitative estimate of drug-likeness (QED) is 0.450. The predicted octanol–water partition coefficient (Wildman–Crippen LogP) is 5.38. The smallest absolute Gasteiger partial charge is 0.230 e. The molecular weight excluding hydrogens is 363 g/mol. The van der Waals surface area contributed by atoms with E-state index in [-0.39, 0.29) is 17.6 Å². The summed E-state index contributed by atoms with van der Waals surface area (Å²) < 4.78 is 15.3. The Morgan fingerprint density at radius 2 is 1.83 bits per heavy atom. The van der Waals surface area contributed by atoms with Gasteiger partial charge in [0.1, 0.15) is 5.82 Å². The van der Waals surface area contributed by atoms with Crippen molar-refractivity contribution in [1.82, 2.24) is 9.47 Å². The van der Waals surface area contributed by atoms with Gasteiger partial charge in [-0.25, -0.2) is 4.39 Å². The zero-order valence-corrected chi connectivity index (χ0v) is 16.8. The van der Waals surface area contributed by atoms with Crippen molar-refractivity contribution in [2.45, 2.75) is 32.4 Å². The monoisotopic (exact) mass is 390 g/mol. The lowest BCUT2D eigenvalue weighted by Crippen LogP contribution is -2.35. The topological polar surface area (TPSA) is 25.2 Å². The molecule has 1 aromatic heterocycles. The summed E-state index contributed by atoms with van der Waals surface area (Å²) in [5.74, 6) is -0.305. The molecule has 0 aliphatic rings. The molecule has 3 aromatic rings. The Balaban J connectivity index is 1.78. The minimum Gasteiger partial charge on any atom is -0.345 e. The highest BCUT2D eigenvalue weighted by molar-refractivity contribution is 5.83. The van der Waals surface area contributed by atoms with Crippen molar-refractivity contribution < 1.29 is 9.18 Å². The second-order valence-electron chi connectivity index (χ2n) is 7.13. The molecule has 1 atom stereocenters. The molecule has 3 nitrogen and oxygen atoms in total. The van der Waals surface area contributed by atoms with Gasteiger partial charge in [-0.1, -0.05) is 55.5 Å². The fourth-order valence-electron chi connectivity index (χ4n) is 3.58. The Labute approximate surface area is 172 Å². The molecule has 0 saturated heterocycles. The van der Waals surface area contributed by atoms with E-state index in [4.69, 9.17) is 0 Å². The summed E-state index contributed by atoms with van der Waals surface area (Å²) in [6.45, 7) is 7.50. The third-order valence-electron chi connectivity index (χ3n) is 5.11. The number of carbonyl (C=O) groups is 1. The maximum absolute atomic E-state index is 13.3. The Kier molecular flexibility index (Phi) is 7.01. The average Bonchev–Trinajstić information content (AvgIpc) is 3.17. The first-order valence-corrected chi connectivity index (χ1v) is 9.95. The number of carbonyl (C=O) groups excluding carboxylic acids is 1. The molecule has 1 unspecified atom stereocenters. The number of aromatic nitrogens is 1. The van der Waals surface area contributed by atoms with Gasteiger partial charge in [0, 0.05) is 25.0 Å². The number of hydrogen-bond acceptors (Lipinski definition) is 1. The molecule has 0 aliphatic carbocycles. The van der Waals surface area contributed by atoms with Crippen LogP contribution in [0.3, 0.4) is 0 Å². The van der Waals surface area contributed by atoms with Crippen LogP contribution in [0.2, 0.25) is 0 Å². The van der Waals surface area contributed by atoms with E-state index in [1.54, 1.807) is 18.2 Å². The highest BCUT2D eigenvalue weighted by Gasteiger charge is 2.24.